The van der Waals surface area contributed by atoms with E-state index in [-0.39, 0.29) is 12.3 Å². The van der Waals surface area contributed by atoms with Gasteiger partial charge in [0, 0.05) is 24.7 Å². The zero-order valence-electron chi connectivity index (χ0n) is 11.2. The van der Waals surface area contributed by atoms with E-state index >= 15 is 0 Å². The zero-order chi connectivity index (χ0) is 14.1. The maximum absolute atomic E-state index is 10.9. The fraction of sp³-hybridized carbons (Fsp3) is 0.533. The number of hydrogen-bond donors (Lipinski definition) is 1. The highest BCUT2D eigenvalue weighted by atomic mass is 16.4. The van der Waals surface area contributed by atoms with Crippen LogP contribution in [-0.2, 0) is 4.79 Å². The van der Waals surface area contributed by atoms with Crippen molar-refractivity contribution in [3.63, 3.8) is 0 Å². The maximum Gasteiger partial charge on any atom is 0.303 e. The molecule has 2 bridgehead atoms. The van der Waals surface area contributed by atoms with Gasteiger partial charge in [-0.2, -0.15) is 5.26 Å². The minimum atomic E-state index is -0.701. The molecule has 0 aliphatic carbocycles. The first-order valence-corrected chi connectivity index (χ1v) is 7.03. The molecule has 0 aromatic carbocycles. The lowest BCUT2D eigenvalue weighted by Gasteiger charge is -2.39. The van der Waals surface area contributed by atoms with E-state index in [1.807, 2.05) is 6.07 Å². The highest BCUT2D eigenvalue weighted by Gasteiger charge is 2.41. The van der Waals surface area contributed by atoms with Crippen molar-refractivity contribution in [3.8, 4) is 6.07 Å². The number of nitriles is 1. The number of rotatable bonds is 3. The van der Waals surface area contributed by atoms with Gasteiger partial charge in [0.2, 0.25) is 0 Å². The molecular formula is C15H17N3O2. The fourth-order valence-electron chi connectivity index (χ4n) is 3.71. The lowest BCUT2D eigenvalue weighted by molar-refractivity contribution is -0.138. The maximum atomic E-state index is 10.9. The topological polar surface area (TPSA) is 77.2 Å². The van der Waals surface area contributed by atoms with Gasteiger partial charge in [0.15, 0.2) is 0 Å². The van der Waals surface area contributed by atoms with Gasteiger partial charge < -0.3 is 10.0 Å². The second kappa shape index (κ2) is 5.12. The second-order valence-electron chi connectivity index (χ2n) is 5.74. The first kappa shape index (κ1) is 12.9. The van der Waals surface area contributed by atoms with Gasteiger partial charge in [0.05, 0.1) is 11.6 Å². The van der Waals surface area contributed by atoms with Crippen molar-refractivity contribution in [2.45, 2.75) is 44.2 Å². The van der Waals surface area contributed by atoms with Crippen LogP contribution in [0, 0.1) is 17.2 Å². The lowest BCUT2D eigenvalue weighted by atomic mass is 9.88. The molecule has 104 valence electrons. The second-order valence-corrected chi connectivity index (χ2v) is 5.74. The van der Waals surface area contributed by atoms with Crippen molar-refractivity contribution < 1.29 is 9.90 Å². The van der Waals surface area contributed by atoms with E-state index in [2.05, 4.69) is 16.0 Å². The summed E-state index contributed by atoms with van der Waals surface area (Å²) in [6, 6.07) is 6.44. The van der Waals surface area contributed by atoms with Crippen molar-refractivity contribution >= 4 is 11.8 Å². The molecule has 0 amide bonds. The van der Waals surface area contributed by atoms with E-state index in [4.69, 9.17) is 10.4 Å². The first-order chi connectivity index (χ1) is 9.67. The Balaban J connectivity index is 1.80. The van der Waals surface area contributed by atoms with Crippen LogP contribution in [0.25, 0.3) is 0 Å². The van der Waals surface area contributed by atoms with Gasteiger partial charge in [-0.1, -0.05) is 0 Å². The molecule has 0 spiro atoms. The quantitative estimate of drug-likeness (QED) is 0.911. The lowest BCUT2D eigenvalue weighted by Crippen LogP contribution is -2.43. The number of anilines is 1. The third-order valence-corrected chi connectivity index (χ3v) is 4.43. The summed E-state index contributed by atoms with van der Waals surface area (Å²) in [4.78, 5) is 17.6. The van der Waals surface area contributed by atoms with Gasteiger partial charge in [-0.05, 0) is 43.7 Å². The van der Waals surface area contributed by atoms with Crippen LogP contribution < -0.4 is 4.90 Å². The van der Waals surface area contributed by atoms with Crippen molar-refractivity contribution in [2.75, 3.05) is 4.90 Å². The fourth-order valence-corrected chi connectivity index (χ4v) is 3.71. The molecule has 5 heteroatoms. The Morgan fingerprint density at radius 2 is 2.15 bits per heavy atom. The van der Waals surface area contributed by atoms with E-state index in [9.17, 15) is 4.79 Å². The summed E-state index contributed by atoms with van der Waals surface area (Å²) in [7, 11) is 0. The molecule has 1 N–H and O–H groups in total. The van der Waals surface area contributed by atoms with Gasteiger partial charge in [0.25, 0.3) is 0 Å². The molecule has 2 fully saturated rings. The number of pyridine rings is 1. The van der Waals surface area contributed by atoms with Gasteiger partial charge >= 0.3 is 5.97 Å². The first-order valence-electron chi connectivity index (χ1n) is 7.03. The zero-order valence-corrected chi connectivity index (χ0v) is 11.2. The van der Waals surface area contributed by atoms with Gasteiger partial charge in [-0.15, -0.1) is 0 Å². The molecule has 3 heterocycles. The molecule has 1 aromatic heterocycles. The Morgan fingerprint density at radius 3 is 2.75 bits per heavy atom. The Kier molecular flexibility index (Phi) is 3.31. The highest BCUT2D eigenvalue weighted by Crippen LogP contribution is 2.42. The van der Waals surface area contributed by atoms with Gasteiger partial charge in [-0.3, -0.25) is 4.79 Å². The summed E-state index contributed by atoms with van der Waals surface area (Å²) in [5.41, 5.74) is 0.627. The minimum absolute atomic E-state index is 0.270. The number of carboxylic acids is 1. The third-order valence-electron chi connectivity index (χ3n) is 4.43. The van der Waals surface area contributed by atoms with E-state index in [1.54, 1.807) is 12.3 Å². The molecule has 20 heavy (non-hydrogen) atoms. The van der Waals surface area contributed by atoms with E-state index in [0.717, 1.165) is 31.5 Å². The molecule has 3 rings (SSSR count). The molecular weight excluding hydrogens is 254 g/mol. The van der Waals surface area contributed by atoms with Crippen molar-refractivity contribution in [1.29, 1.82) is 5.26 Å². The summed E-state index contributed by atoms with van der Waals surface area (Å²) in [5, 5.41) is 17.9. The van der Waals surface area contributed by atoms with Crippen LogP contribution in [0.15, 0.2) is 18.3 Å². The van der Waals surface area contributed by atoms with Crippen LogP contribution in [0.1, 0.15) is 37.7 Å². The number of carboxylic acid groups (broad SMARTS) is 1. The number of fused-ring (bicyclic) bond motifs is 2. The molecule has 2 aliphatic rings. The van der Waals surface area contributed by atoms with Gasteiger partial charge in [-0.25, -0.2) is 4.98 Å². The van der Waals surface area contributed by atoms with Crippen LogP contribution in [0.4, 0.5) is 5.82 Å². The number of carbonyl (C=O) groups is 1. The normalized spacial score (nSPS) is 28.1. The molecule has 2 atom stereocenters. The van der Waals surface area contributed by atoms with E-state index in [0.29, 0.717) is 17.6 Å². The molecule has 5 nitrogen and oxygen atoms in total. The Morgan fingerprint density at radius 1 is 1.45 bits per heavy atom. The van der Waals surface area contributed by atoms with Crippen LogP contribution in [0.3, 0.4) is 0 Å². The molecule has 1 aromatic rings. The summed E-state index contributed by atoms with van der Waals surface area (Å²) in [5.74, 6) is 0.443. The standard InChI is InChI=1S/C15H17N3O2/c16-9-10-3-4-17-14(7-10)18-12-1-2-13(18)6-11(5-12)8-15(19)20/h3-4,7,11-13H,1-2,5-6,8H2,(H,19,20). The van der Waals surface area contributed by atoms with Crippen LogP contribution in [0.5, 0.6) is 0 Å². The predicted molar refractivity (Wildman–Crippen MR) is 73.2 cm³/mol. The average Bonchev–Trinajstić information content (AvgIpc) is 2.70. The number of aliphatic carboxylic acids is 1. The number of nitrogens with zero attached hydrogens (tertiary/aromatic N) is 3. The summed E-state index contributed by atoms with van der Waals surface area (Å²) in [6.07, 6.45) is 5.98. The monoisotopic (exact) mass is 271 g/mol. The number of hydrogen-bond acceptors (Lipinski definition) is 4. The van der Waals surface area contributed by atoms with Crippen LogP contribution in [0.2, 0.25) is 0 Å². The van der Waals surface area contributed by atoms with Gasteiger partial charge in [0.1, 0.15) is 5.82 Å². The summed E-state index contributed by atoms with van der Waals surface area (Å²) >= 11 is 0. The highest BCUT2D eigenvalue weighted by molar-refractivity contribution is 5.67. The summed E-state index contributed by atoms with van der Waals surface area (Å²) in [6.45, 7) is 0. The van der Waals surface area contributed by atoms with Crippen molar-refractivity contribution in [1.82, 2.24) is 4.98 Å². The number of piperidine rings is 1. The van der Waals surface area contributed by atoms with Crippen molar-refractivity contribution in [3.05, 3.63) is 23.9 Å². The van der Waals surface area contributed by atoms with Crippen LogP contribution in [-0.4, -0.2) is 28.1 Å². The predicted octanol–water partition coefficient (Wildman–Crippen LogP) is 2.18. The largest absolute Gasteiger partial charge is 0.481 e. The molecule has 0 radical (unpaired) electrons. The Hall–Kier alpha value is -2.09. The smallest absolute Gasteiger partial charge is 0.303 e. The molecule has 2 aliphatic heterocycles. The molecule has 2 saturated heterocycles. The minimum Gasteiger partial charge on any atom is -0.481 e. The Labute approximate surface area is 117 Å². The average molecular weight is 271 g/mol. The molecule has 0 saturated carbocycles. The Bertz CT molecular complexity index is 552. The summed E-state index contributed by atoms with van der Waals surface area (Å²) < 4.78 is 0. The van der Waals surface area contributed by atoms with Crippen molar-refractivity contribution in [2.24, 2.45) is 5.92 Å². The SMILES string of the molecule is N#Cc1ccnc(N2C3CCC2CC(CC(=O)O)C3)c1. The number of aromatic nitrogens is 1. The van der Waals surface area contributed by atoms with Crippen LogP contribution >= 0.6 is 0 Å². The molecule has 2 unspecified atom stereocenters. The van der Waals surface area contributed by atoms with E-state index in [1.165, 1.54) is 0 Å². The third kappa shape index (κ3) is 2.34. The van der Waals surface area contributed by atoms with E-state index < -0.39 is 5.97 Å².